The van der Waals surface area contributed by atoms with Gasteiger partial charge in [0.1, 0.15) is 5.75 Å². The summed E-state index contributed by atoms with van der Waals surface area (Å²) in [6.07, 6.45) is 0. The zero-order valence-electron chi connectivity index (χ0n) is 12.8. The Morgan fingerprint density at radius 1 is 1.13 bits per heavy atom. The summed E-state index contributed by atoms with van der Waals surface area (Å²) in [5, 5.41) is 10.7. The van der Waals surface area contributed by atoms with Gasteiger partial charge < -0.3 is 19.3 Å². The number of methoxy groups -OCH3 is 1. The van der Waals surface area contributed by atoms with Gasteiger partial charge in [0.15, 0.2) is 11.5 Å². The molecule has 0 spiro atoms. The molecule has 5 heteroatoms. The van der Waals surface area contributed by atoms with E-state index in [-0.39, 0.29) is 12.5 Å². The molecule has 23 heavy (non-hydrogen) atoms. The summed E-state index contributed by atoms with van der Waals surface area (Å²) in [6, 6.07) is 11.0. The van der Waals surface area contributed by atoms with E-state index < -0.39 is 0 Å². The van der Waals surface area contributed by atoms with Crippen LogP contribution in [0.25, 0.3) is 22.2 Å². The Kier molecular flexibility index (Phi) is 3.01. The van der Waals surface area contributed by atoms with Crippen molar-refractivity contribution in [2.45, 2.75) is 6.92 Å². The molecule has 0 radical (unpaired) electrons. The van der Waals surface area contributed by atoms with Gasteiger partial charge in [-0.1, -0.05) is 0 Å². The van der Waals surface area contributed by atoms with Crippen molar-refractivity contribution >= 4 is 10.9 Å². The van der Waals surface area contributed by atoms with E-state index in [0.29, 0.717) is 17.2 Å². The minimum absolute atomic E-state index is 0.188. The van der Waals surface area contributed by atoms with Gasteiger partial charge in [0.2, 0.25) is 12.5 Å². The maximum Gasteiger partial charge on any atom is 0.231 e. The third kappa shape index (κ3) is 2.21. The molecule has 0 fully saturated rings. The lowest BCUT2D eigenvalue weighted by Crippen LogP contribution is -1.93. The van der Waals surface area contributed by atoms with Crippen LogP contribution in [0, 0.1) is 6.92 Å². The summed E-state index contributed by atoms with van der Waals surface area (Å²) >= 11 is 0. The lowest BCUT2D eigenvalue weighted by Gasteiger charge is -2.10. The number of fused-ring (bicyclic) bond motifs is 2. The molecule has 0 bridgehead atoms. The van der Waals surface area contributed by atoms with Crippen LogP contribution in [0.4, 0.5) is 0 Å². The van der Waals surface area contributed by atoms with Gasteiger partial charge in [0.05, 0.1) is 18.3 Å². The highest BCUT2D eigenvalue weighted by Gasteiger charge is 2.21. The molecule has 4 rings (SSSR count). The van der Waals surface area contributed by atoms with Crippen molar-refractivity contribution < 1.29 is 19.3 Å². The fourth-order valence-corrected chi connectivity index (χ4v) is 2.82. The molecule has 5 nitrogen and oxygen atoms in total. The minimum atomic E-state index is 0.188. The SMILES string of the molecule is COc1cc(-c2cc(C)c3ccc(O)cc3n2)cc2c1OCO2. The molecule has 1 aromatic heterocycles. The molecule has 0 aliphatic carbocycles. The predicted molar refractivity (Wildman–Crippen MR) is 86.3 cm³/mol. The predicted octanol–water partition coefficient (Wildman–Crippen LogP) is 3.65. The first kappa shape index (κ1) is 13.7. The third-order valence-electron chi connectivity index (χ3n) is 3.95. The number of nitrogens with zero attached hydrogens (tertiary/aromatic N) is 1. The number of aryl methyl sites for hydroxylation is 1. The van der Waals surface area contributed by atoms with Crippen LogP contribution >= 0.6 is 0 Å². The van der Waals surface area contributed by atoms with Gasteiger partial charge in [-0.2, -0.15) is 0 Å². The van der Waals surface area contributed by atoms with E-state index in [1.807, 2.05) is 31.2 Å². The fourth-order valence-electron chi connectivity index (χ4n) is 2.82. The van der Waals surface area contributed by atoms with Crippen molar-refractivity contribution in [3.63, 3.8) is 0 Å². The number of hydrogen-bond donors (Lipinski definition) is 1. The molecule has 116 valence electrons. The zero-order chi connectivity index (χ0) is 16.0. The van der Waals surface area contributed by atoms with Gasteiger partial charge in [0.25, 0.3) is 0 Å². The van der Waals surface area contributed by atoms with Crippen molar-refractivity contribution in [2.24, 2.45) is 0 Å². The van der Waals surface area contributed by atoms with Crippen LogP contribution < -0.4 is 14.2 Å². The van der Waals surface area contributed by atoms with Gasteiger partial charge >= 0.3 is 0 Å². The summed E-state index contributed by atoms with van der Waals surface area (Å²) in [7, 11) is 1.60. The zero-order valence-corrected chi connectivity index (χ0v) is 12.8. The average molecular weight is 309 g/mol. The van der Waals surface area contributed by atoms with Crippen LogP contribution in [-0.2, 0) is 0 Å². The maximum absolute atomic E-state index is 9.70. The topological polar surface area (TPSA) is 60.8 Å². The molecule has 1 aliphatic rings. The molecule has 2 heterocycles. The van der Waals surface area contributed by atoms with Crippen molar-refractivity contribution in [1.29, 1.82) is 0 Å². The minimum Gasteiger partial charge on any atom is -0.508 e. The first-order valence-corrected chi connectivity index (χ1v) is 7.24. The van der Waals surface area contributed by atoms with Gasteiger partial charge in [-0.25, -0.2) is 4.98 Å². The van der Waals surface area contributed by atoms with Crippen LogP contribution in [0.3, 0.4) is 0 Å². The van der Waals surface area contributed by atoms with Crippen LogP contribution in [0.1, 0.15) is 5.56 Å². The Morgan fingerprint density at radius 3 is 2.83 bits per heavy atom. The van der Waals surface area contributed by atoms with E-state index in [9.17, 15) is 5.11 Å². The van der Waals surface area contributed by atoms with Gasteiger partial charge in [-0.05, 0) is 42.8 Å². The molecule has 1 N–H and O–H groups in total. The quantitative estimate of drug-likeness (QED) is 0.783. The number of phenols is 1. The highest BCUT2D eigenvalue weighted by Crippen LogP contribution is 2.44. The van der Waals surface area contributed by atoms with Gasteiger partial charge in [-0.3, -0.25) is 0 Å². The van der Waals surface area contributed by atoms with E-state index in [1.165, 1.54) is 0 Å². The molecule has 1 aliphatic heterocycles. The van der Waals surface area contributed by atoms with E-state index in [4.69, 9.17) is 14.2 Å². The molecule has 0 saturated carbocycles. The summed E-state index contributed by atoms with van der Waals surface area (Å²) in [5.74, 6) is 2.08. The number of benzene rings is 2. The van der Waals surface area contributed by atoms with E-state index in [0.717, 1.165) is 27.7 Å². The standard InChI is InChI=1S/C18H15NO4/c1-10-5-14(19-15-8-12(20)3-4-13(10)15)11-6-16(21-2)18-17(7-11)22-9-23-18/h3-8,20H,9H2,1-2H3. The molecular formula is C18H15NO4. The van der Waals surface area contributed by atoms with Crippen LogP contribution in [-0.4, -0.2) is 24.0 Å². The fraction of sp³-hybridized carbons (Fsp3) is 0.167. The Balaban J connectivity index is 1.92. The van der Waals surface area contributed by atoms with Crippen molar-refractivity contribution in [1.82, 2.24) is 4.98 Å². The number of ether oxygens (including phenoxy) is 3. The number of rotatable bonds is 2. The Hall–Kier alpha value is -2.95. The van der Waals surface area contributed by atoms with E-state index in [2.05, 4.69) is 4.98 Å². The first-order valence-electron chi connectivity index (χ1n) is 7.24. The monoisotopic (exact) mass is 309 g/mol. The molecule has 0 atom stereocenters. The van der Waals surface area contributed by atoms with E-state index >= 15 is 0 Å². The highest BCUT2D eigenvalue weighted by atomic mass is 16.7. The summed E-state index contributed by atoms with van der Waals surface area (Å²) in [4.78, 5) is 4.66. The van der Waals surface area contributed by atoms with Crippen LogP contribution in [0.2, 0.25) is 0 Å². The number of phenolic OH excluding ortho intramolecular Hbond substituents is 1. The van der Waals surface area contributed by atoms with Crippen molar-refractivity contribution in [3.05, 3.63) is 42.0 Å². The second kappa shape index (κ2) is 5.05. The molecule has 2 aromatic carbocycles. The Morgan fingerprint density at radius 2 is 2.00 bits per heavy atom. The lowest BCUT2D eigenvalue weighted by molar-refractivity contribution is 0.171. The second-order valence-corrected chi connectivity index (χ2v) is 5.44. The highest BCUT2D eigenvalue weighted by molar-refractivity contribution is 5.86. The van der Waals surface area contributed by atoms with E-state index in [1.54, 1.807) is 19.2 Å². The van der Waals surface area contributed by atoms with Crippen molar-refractivity contribution in [3.8, 4) is 34.3 Å². The number of hydrogen-bond acceptors (Lipinski definition) is 5. The molecule has 0 saturated heterocycles. The summed E-state index contributed by atoms with van der Waals surface area (Å²) in [5.41, 5.74) is 3.50. The smallest absolute Gasteiger partial charge is 0.231 e. The van der Waals surface area contributed by atoms with Gasteiger partial charge in [0, 0.05) is 17.0 Å². The molecular weight excluding hydrogens is 294 g/mol. The first-order chi connectivity index (χ1) is 11.2. The second-order valence-electron chi connectivity index (χ2n) is 5.44. The number of pyridine rings is 1. The Labute approximate surface area is 133 Å². The maximum atomic E-state index is 9.70. The van der Waals surface area contributed by atoms with Crippen molar-refractivity contribution in [2.75, 3.05) is 13.9 Å². The lowest BCUT2D eigenvalue weighted by atomic mass is 10.0. The molecule has 3 aromatic rings. The molecule has 0 amide bonds. The normalized spacial score (nSPS) is 12.6. The molecule has 0 unspecified atom stereocenters. The summed E-state index contributed by atoms with van der Waals surface area (Å²) < 4.78 is 16.3. The van der Waals surface area contributed by atoms with Crippen LogP contribution in [0.5, 0.6) is 23.0 Å². The van der Waals surface area contributed by atoms with Crippen LogP contribution in [0.15, 0.2) is 36.4 Å². The Bertz CT molecular complexity index is 921. The third-order valence-corrected chi connectivity index (χ3v) is 3.95. The largest absolute Gasteiger partial charge is 0.508 e. The summed E-state index contributed by atoms with van der Waals surface area (Å²) in [6.45, 7) is 2.21. The number of aromatic hydroxyl groups is 1. The van der Waals surface area contributed by atoms with Gasteiger partial charge in [-0.15, -0.1) is 0 Å². The average Bonchev–Trinajstić information content (AvgIpc) is 3.01. The number of aromatic nitrogens is 1.